The smallest absolute Gasteiger partial charge is 0.243 e. The number of likely N-dealkylation sites (tertiary alicyclic amines) is 1. The van der Waals surface area contributed by atoms with Crippen LogP contribution in [0.25, 0.3) is 11.3 Å². The van der Waals surface area contributed by atoms with E-state index >= 15 is 0 Å². The van der Waals surface area contributed by atoms with Gasteiger partial charge in [0.05, 0.1) is 23.9 Å². The number of aliphatic hydroxyl groups excluding tert-OH is 2. The highest BCUT2D eigenvalue weighted by Gasteiger charge is 2.42. The number of benzene rings is 1. The fourth-order valence-corrected chi connectivity index (χ4v) is 5.27. The van der Waals surface area contributed by atoms with Crippen molar-refractivity contribution in [3.8, 4) is 11.3 Å². The Kier molecular flexibility index (Phi) is 7.62. The maximum atomic E-state index is 13.4. The van der Waals surface area contributed by atoms with Crippen LogP contribution in [0.3, 0.4) is 0 Å². The number of nitrogens with zero attached hydrogens (tertiary/aromatic N) is 3. The average Bonchev–Trinajstić information content (AvgIpc) is 3.44. The standard InChI is InChI=1S/C27H38N4O4/c1-5-31-22(11-12-28-31)19-9-10-21-18(13-19)7-6-8-24(33)25(21)29-26(34)23-14-20(32)15-30(23)27(35)17(4)16(2)3/h9-13,16-17,20,23-25,32-33H,5-8,14-15H2,1-4H3,(H,29,34). The van der Waals surface area contributed by atoms with Gasteiger partial charge in [-0.15, -0.1) is 0 Å². The van der Waals surface area contributed by atoms with Crippen LogP contribution in [0, 0.1) is 11.8 Å². The number of carbonyl (C=O) groups is 2. The Labute approximate surface area is 207 Å². The quantitative estimate of drug-likeness (QED) is 0.549. The van der Waals surface area contributed by atoms with E-state index in [0.717, 1.165) is 41.8 Å². The Hall–Kier alpha value is -2.71. The number of amides is 2. The van der Waals surface area contributed by atoms with Gasteiger partial charge in [0.2, 0.25) is 11.8 Å². The summed E-state index contributed by atoms with van der Waals surface area (Å²) in [5, 5.41) is 28.6. The van der Waals surface area contributed by atoms with Crippen molar-refractivity contribution < 1.29 is 19.8 Å². The second-order valence-corrected chi connectivity index (χ2v) is 10.3. The van der Waals surface area contributed by atoms with Crippen molar-refractivity contribution in [1.82, 2.24) is 20.0 Å². The second-order valence-electron chi connectivity index (χ2n) is 10.3. The molecule has 2 amide bonds. The number of hydrogen-bond donors (Lipinski definition) is 3. The van der Waals surface area contributed by atoms with Gasteiger partial charge in [0.1, 0.15) is 6.04 Å². The third-order valence-electron chi connectivity index (χ3n) is 7.67. The van der Waals surface area contributed by atoms with E-state index in [1.54, 1.807) is 6.20 Å². The number of carbonyl (C=O) groups excluding carboxylic acids is 2. The van der Waals surface area contributed by atoms with Crippen molar-refractivity contribution in [3.63, 3.8) is 0 Å². The van der Waals surface area contributed by atoms with Gasteiger partial charge < -0.3 is 20.4 Å². The molecule has 1 aromatic carbocycles. The number of aliphatic hydroxyl groups is 2. The van der Waals surface area contributed by atoms with Crippen LogP contribution in [-0.2, 0) is 22.6 Å². The summed E-state index contributed by atoms with van der Waals surface area (Å²) in [6.45, 7) is 8.80. The predicted molar refractivity (Wildman–Crippen MR) is 133 cm³/mol. The lowest BCUT2D eigenvalue weighted by molar-refractivity contribution is -0.142. The molecular formula is C27H38N4O4. The third kappa shape index (κ3) is 5.14. The van der Waals surface area contributed by atoms with Crippen LogP contribution in [0.4, 0.5) is 0 Å². The number of hydrogen-bond acceptors (Lipinski definition) is 5. The zero-order chi connectivity index (χ0) is 25.3. The van der Waals surface area contributed by atoms with E-state index < -0.39 is 24.3 Å². The Balaban J connectivity index is 1.59. The van der Waals surface area contributed by atoms with Gasteiger partial charge >= 0.3 is 0 Å². The first-order valence-electron chi connectivity index (χ1n) is 12.8. The summed E-state index contributed by atoms with van der Waals surface area (Å²) in [6.07, 6.45) is 2.74. The zero-order valence-corrected chi connectivity index (χ0v) is 21.1. The average molecular weight is 483 g/mol. The lowest BCUT2D eigenvalue weighted by Crippen LogP contribution is -2.50. The van der Waals surface area contributed by atoms with E-state index in [9.17, 15) is 19.8 Å². The van der Waals surface area contributed by atoms with Gasteiger partial charge in [-0.25, -0.2) is 0 Å². The molecule has 2 aliphatic rings. The molecule has 1 saturated heterocycles. The van der Waals surface area contributed by atoms with Crippen LogP contribution in [0.2, 0.25) is 0 Å². The van der Waals surface area contributed by atoms with Crippen molar-refractivity contribution in [1.29, 1.82) is 0 Å². The molecule has 4 rings (SSSR count). The summed E-state index contributed by atoms with van der Waals surface area (Å²) in [5.74, 6) is -0.543. The highest BCUT2D eigenvalue weighted by Crippen LogP contribution is 2.33. The summed E-state index contributed by atoms with van der Waals surface area (Å²) < 4.78 is 1.95. The van der Waals surface area contributed by atoms with E-state index in [1.807, 2.05) is 43.7 Å². The van der Waals surface area contributed by atoms with Crippen molar-refractivity contribution in [2.75, 3.05) is 6.54 Å². The minimum atomic E-state index is -0.740. The number of fused-ring (bicyclic) bond motifs is 1. The Morgan fingerprint density at radius 3 is 2.69 bits per heavy atom. The first kappa shape index (κ1) is 25.4. The van der Waals surface area contributed by atoms with Gasteiger partial charge in [0.15, 0.2) is 0 Å². The molecule has 0 radical (unpaired) electrons. The van der Waals surface area contributed by atoms with E-state index in [1.165, 1.54) is 4.90 Å². The topological polar surface area (TPSA) is 108 Å². The molecule has 0 spiro atoms. The normalized spacial score (nSPS) is 25.3. The van der Waals surface area contributed by atoms with Crippen molar-refractivity contribution in [2.24, 2.45) is 11.8 Å². The molecule has 2 aromatic rings. The van der Waals surface area contributed by atoms with Crippen LogP contribution in [0.1, 0.15) is 64.1 Å². The maximum absolute atomic E-state index is 13.4. The third-order valence-corrected chi connectivity index (χ3v) is 7.67. The molecule has 8 nitrogen and oxygen atoms in total. The summed E-state index contributed by atoms with van der Waals surface area (Å²) in [5.41, 5.74) is 4.10. The molecule has 1 aliphatic carbocycles. The van der Waals surface area contributed by atoms with Crippen molar-refractivity contribution in [3.05, 3.63) is 41.6 Å². The summed E-state index contributed by atoms with van der Waals surface area (Å²) in [6, 6.07) is 6.82. The predicted octanol–water partition coefficient (Wildman–Crippen LogP) is 2.68. The fraction of sp³-hybridized carbons (Fsp3) is 0.593. The minimum Gasteiger partial charge on any atom is -0.391 e. The molecule has 5 atom stereocenters. The number of rotatable bonds is 6. The first-order valence-corrected chi connectivity index (χ1v) is 12.8. The molecule has 3 N–H and O–H groups in total. The Morgan fingerprint density at radius 1 is 1.20 bits per heavy atom. The molecule has 1 aliphatic heterocycles. The fourth-order valence-electron chi connectivity index (χ4n) is 5.27. The highest BCUT2D eigenvalue weighted by atomic mass is 16.3. The SMILES string of the molecule is CCn1nccc1-c1ccc2c(c1)CCCC(O)C2NC(=O)C1CC(O)CN1C(=O)C(C)C(C)C. The van der Waals surface area contributed by atoms with Gasteiger partial charge in [-0.2, -0.15) is 5.10 Å². The van der Waals surface area contributed by atoms with Gasteiger partial charge in [-0.05, 0) is 55.4 Å². The van der Waals surface area contributed by atoms with Crippen molar-refractivity contribution >= 4 is 11.8 Å². The number of aryl methyl sites for hydroxylation is 2. The molecular weight excluding hydrogens is 444 g/mol. The van der Waals surface area contributed by atoms with Crippen LogP contribution in [0.5, 0.6) is 0 Å². The number of β-amino-alcohol motifs (C(OH)–C–C–N with tert-alkyl or cyclic N) is 1. The number of nitrogens with one attached hydrogen (secondary N) is 1. The molecule has 1 aromatic heterocycles. The lowest BCUT2D eigenvalue weighted by atomic mass is 9.94. The monoisotopic (exact) mass is 482 g/mol. The summed E-state index contributed by atoms with van der Waals surface area (Å²) in [4.78, 5) is 28.0. The van der Waals surface area contributed by atoms with Gasteiger partial charge in [0.25, 0.3) is 0 Å². The Bertz CT molecular complexity index is 1070. The summed E-state index contributed by atoms with van der Waals surface area (Å²) >= 11 is 0. The molecule has 8 heteroatoms. The molecule has 0 bridgehead atoms. The first-order chi connectivity index (χ1) is 16.7. The minimum absolute atomic E-state index is 0.115. The largest absolute Gasteiger partial charge is 0.391 e. The van der Waals surface area contributed by atoms with Crippen LogP contribution in [0.15, 0.2) is 30.5 Å². The molecule has 190 valence electrons. The summed E-state index contributed by atoms with van der Waals surface area (Å²) in [7, 11) is 0. The van der Waals surface area contributed by atoms with Crippen LogP contribution in [-0.4, -0.2) is 61.5 Å². The van der Waals surface area contributed by atoms with Crippen LogP contribution >= 0.6 is 0 Å². The van der Waals surface area contributed by atoms with Crippen LogP contribution < -0.4 is 5.32 Å². The lowest BCUT2D eigenvalue weighted by Gasteiger charge is -2.30. The Morgan fingerprint density at radius 2 is 1.97 bits per heavy atom. The highest BCUT2D eigenvalue weighted by molar-refractivity contribution is 5.89. The van der Waals surface area contributed by atoms with Gasteiger partial charge in [-0.1, -0.05) is 32.9 Å². The van der Waals surface area contributed by atoms with Crippen molar-refractivity contribution in [2.45, 2.75) is 84.2 Å². The molecule has 0 saturated carbocycles. The van der Waals surface area contributed by atoms with E-state index in [0.29, 0.717) is 6.42 Å². The zero-order valence-electron chi connectivity index (χ0n) is 21.1. The molecule has 5 unspecified atom stereocenters. The van der Waals surface area contributed by atoms with Gasteiger partial charge in [0, 0.05) is 37.2 Å². The maximum Gasteiger partial charge on any atom is 0.243 e. The van der Waals surface area contributed by atoms with E-state index in [4.69, 9.17) is 0 Å². The molecule has 1 fully saturated rings. The van der Waals surface area contributed by atoms with E-state index in [-0.39, 0.29) is 36.6 Å². The second kappa shape index (κ2) is 10.5. The molecule has 35 heavy (non-hydrogen) atoms. The molecule has 2 heterocycles. The van der Waals surface area contributed by atoms with E-state index in [2.05, 4.69) is 23.4 Å². The number of aromatic nitrogens is 2. The van der Waals surface area contributed by atoms with Gasteiger partial charge in [-0.3, -0.25) is 14.3 Å².